The van der Waals surface area contributed by atoms with Crippen molar-refractivity contribution in [2.75, 3.05) is 0 Å². The Bertz CT molecular complexity index is 5090. The molecule has 126 heavy (non-hydrogen) atoms. The first kappa shape index (κ1) is 86.0. The summed E-state index contributed by atoms with van der Waals surface area (Å²) in [5, 5.41) is 0. The third-order valence-corrected chi connectivity index (χ3v) is 34.8. The van der Waals surface area contributed by atoms with Gasteiger partial charge in [-0.05, 0) is 510 Å². The van der Waals surface area contributed by atoms with Crippen LogP contribution in [0.5, 0.6) is 0 Å². The second kappa shape index (κ2) is 33.6. The SMILES string of the molecule is Cc1cc(C)c2cc1C1CCCC3c4cc(c(C)cc4C)C4CCCC5c6cc(c(C)cc6C)C(CCCC6c7cc(c(C)cc7C)C(CCCC7c8cc(c(C)cc8C)C(CCCC(c8cc(c(C)cc8C)C(CCCC2c2cc4c(C)cc2C)c2cc7c(C)cc2C)c2cc1c(C)cc2C)c1cc6c(C)cc1C)c1cc5c(C)cc1C)c1cc3c(C)cc1C. The average molecular weight is 1660 g/mol. The Balaban J connectivity index is 1.02. The molecule has 0 fully saturated rings. The van der Waals surface area contributed by atoms with E-state index in [1.54, 1.807) is 0 Å². The van der Waals surface area contributed by atoms with Crippen LogP contribution in [0.1, 0.15) is 454 Å². The maximum Gasteiger partial charge on any atom is 0.00948 e. The fraction of sp³-hybridized carbons (Fsp3) is 0.429. The van der Waals surface area contributed by atoms with E-state index in [9.17, 15) is 0 Å². The number of fused-ring (bicyclic) bond motifs is 24. The van der Waals surface area contributed by atoms with Crippen LogP contribution < -0.4 is 0 Å². The van der Waals surface area contributed by atoms with Crippen molar-refractivity contribution in [3.05, 3.63) is 413 Å². The van der Waals surface area contributed by atoms with Crippen LogP contribution in [-0.4, -0.2) is 0 Å². The van der Waals surface area contributed by atoms with Gasteiger partial charge in [-0.25, -0.2) is 0 Å². The third-order valence-electron chi connectivity index (χ3n) is 34.8. The Morgan fingerprint density at radius 1 is 0.0952 bits per heavy atom. The number of benzene rings is 12. The summed E-state index contributed by atoms with van der Waals surface area (Å²) >= 11 is 0. The van der Waals surface area contributed by atoms with Gasteiger partial charge in [0.1, 0.15) is 0 Å². The number of hydrogen-bond acceptors (Lipinski definition) is 0. The fourth-order valence-electron chi connectivity index (χ4n) is 28.5. The van der Waals surface area contributed by atoms with Crippen LogP contribution in [0, 0.1) is 166 Å². The van der Waals surface area contributed by atoms with Crippen molar-refractivity contribution in [2.24, 2.45) is 0 Å². The molecule has 0 saturated carbocycles. The van der Waals surface area contributed by atoms with E-state index in [1.165, 1.54) is 267 Å². The molecule has 648 valence electrons. The first-order valence-electron chi connectivity index (χ1n) is 49.7. The highest BCUT2D eigenvalue weighted by atomic mass is 14.4. The molecule has 0 N–H and O–H groups in total. The molecule has 12 aromatic carbocycles. The zero-order chi connectivity index (χ0) is 88.3. The van der Waals surface area contributed by atoms with Gasteiger partial charge >= 0.3 is 0 Å². The second-order valence-corrected chi connectivity index (χ2v) is 43.0. The van der Waals surface area contributed by atoms with E-state index in [0.29, 0.717) is 0 Å². The standard InChI is InChI=1S/C126H144/c1-67-43-68(2)104-55-103(67)91-31-25-32-93-105-56-107(71(5)44-69(105)3)96-37-28-38-99-112-59-110(74(8)47-76(112)10)98(120-63-119(93)83(17)51-84(120)18)39-29-40-101-113-60-114(78(12)48-77(113)11)102(126-66-125(99)89(23)54-90(126)24)42-30-41-100-111-58-109(73(7)46-75(111)9)97(123-65-124(101)88(22)53-87(123)21)36-27-35-94(116-61-115(91)79(13)49-80(116)14)106-57-108(72(6)45-70(106)4)95(121-64-122(100)86(20)52-85(121)19)34-26-33-92(104)117-62-118(96)82(16)50-81(117)15/h43-66,91-102H,25-42H2,1-24H3. The van der Waals surface area contributed by atoms with Crippen LogP contribution in [0.15, 0.2) is 146 Å². The lowest BCUT2D eigenvalue weighted by Gasteiger charge is -2.34. The van der Waals surface area contributed by atoms with Gasteiger partial charge in [0.25, 0.3) is 0 Å². The molecule has 7 aliphatic carbocycles. The molecule has 0 heterocycles. The molecule has 0 nitrogen and oxygen atoms in total. The average Bonchev–Trinajstić information content (AvgIpc) is 0.757. The number of aryl methyl sites for hydroxylation is 24. The van der Waals surface area contributed by atoms with Crippen molar-refractivity contribution in [1.29, 1.82) is 0 Å². The minimum Gasteiger partial charge on any atom is -0.0558 e. The summed E-state index contributed by atoms with van der Waals surface area (Å²) in [6, 6.07) is 66.5. The summed E-state index contributed by atoms with van der Waals surface area (Å²) < 4.78 is 0. The van der Waals surface area contributed by atoms with Crippen LogP contribution in [0.25, 0.3) is 0 Å². The molecule has 0 atom stereocenters. The quantitative estimate of drug-likeness (QED) is 0.142. The molecule has 12 aromatic rings. The molecular formula is C126H144. The van der Waals surface area contributed by atoms with Gasteiger partial charge in [0.05, 0.1) is 0 Å². The molecule has 36 bridgehead atoms. The Kier molecular flexibility index (Phi) is 23.0. The molecule has 0 aromatic heterocycles. The Hall–Kier alpha value is -9.36. The first-order chi connectivity index (χ1) is 60.4. The molecule has 0 amide bonds. The van der Waals surface area contributed by atoms with E-state index in [2.05, 4.69) is 312 Å². The monoisotopic (exact) mass is 1660 g/mol. The van der Waals surface area contributed by atoms with E-state index in [4.69, 9.17) is 0 Å². The zero-order valence-electron chi connectivity index (χ0n) is 81.5. The normalized spacial score (nSPS) is 22.7. The summed E-state index contributed by atoms with van der Waals surface area (Å²) in [5.41, 5.74) is 71.3. The van der Waals surface area contributed by atoms with Gasteiger partial charge in [0.15, 0.2) is 0 Å². The lowest BCUT2D eigenvalue weighted by molar-refractivity contribution is 0.558. The van der Waals surface area contributed by atoms with Gasteiger partial charge in [-0.3, -0.25) is 0 Å². The highest BCUT2D eigenvalue weighted by Crippen LogP contribution is 2.55. The lowest BCUT2D eigenvalue weighted by Crippen LogP contribution is -2.18. The van der Waals surface area contributed by atoms with Crippen LogP contribution in [-0.2, 0) is 0 Å². The van der Waals surface area contributed by atoms with E-state index in [0.717, 1.165) is 116 Å². The summed E-state index contributed by atoms with van der Waals surface area (Å²) in [6.45, 7) is 60.2. The first-order valence-corrected chi connectivity index (χ1v) is 49.7. The van der Waals surface area contributed by atoms with E-state index in [-0.39, 0.29) is 71.0 Å². The maximum atomic E-state index is 2.86. The molecule has 0 spiro atoms. The summed E-state index contributed by atoms with van der Waals surface area (Å²) in [4.78, 5) is 0. The fourth-order valence-corrected chi connectivity index (χ4v) is 28.5. The minimum absolute atomic E-state index is 0.158. The molecule has 0 saturated heterocycles. The van der Waals surface area contributed by atoms with Crippen molar-refractivity contribution in [2.45, 2.75) is 353 Å². The van der Waals surface area contributed by atoms with Crippen LogP contribution >= 0.6 is 0 Å². The van der Waals surface area contributed by atoms with Crippen molar-refractivity contribution in [3.63, 3.8) is 0 Å². The van der Waals surface area contributed by atoms with Gasteiger partial charge in [0.2, 0.25) is 0 Å². The molecule has 7 aliphatic rings. The van der Waals surface area contributed by atoms with Crippen LogP contribution in [0.2, 0.25) is 0 Å². The van der Waals surface area contributed by atoms with Crippen molar-refractivity contribution >= 4 is 0 Å². The predicted octanol–water partition coefficient (Wildman–Crippen LogP) is 34.1. The second-order valence-electron chi connectivity index (χ2n) is 43.0. The van der Waals surface area contributed by atoms with Gasteiger partial charge < -0.3 is 0 Å². The maximum absolute atomic E-state index is 2.86. The van der Waals surface area contributed by atoms with Crippen molar-refractivity contribution in [3.8, 4) is 0 Å². The number of rotatable bonds is 0. The molecular weight excluding hydrogens is 1510 g/mol. The topological polar surface area (TPSA) is 0 Å². The third kappa shape index (κ3) is 15.0. The van der Waals surface area contributed by atoms with E-state index in [1.807, 2.05) is 0 Å². The Labute approximate surface area is 760 Å². The predicted molar refractivity (Wildman–Crippen MR) is 536 cm³/mol. The summed E-state index contributed by atoms with van der Waals surface area (Å²) in [6.07, 6.45) is 19.1. The summed E-state index contributed by atoms with van der Waals surface area (Å²) in [7, 11) is 0. The van der Waals surface area contributed by atoms with Crippen molar-refractivity contribution in [1.82, 2.24) is 0 Å². The molecule has 0 heteroatoms. The Morgan fingerprint density at radius 2 is 0.151 bits per heavy atom. The van der Waals surface area contributed by atoms with E-state index >= 15 is 0 Å². The van der Waals surface area contributed by atoms with Crippen LogP contribution in [0.4, 0.5) is 0 Å². The lowest BCUT2D eigenvalue weighted by atomic mass is 9.70. The molecule has 19 rings (SSSR count). The highest BCUT2D eigenvalue weighted by Gasteiger charge is 2.39. The minimum atomic E-state index is 0.158. The Morgan fingerprint density at radius 3 is 0.206 bits per heavy atom. The number of hydrogen-bond donors (Lipinski definition) is 0. The van der Waals surface area contributed by atoms with Gasteiger partial charge in [0, 0.05) is 71.0 Å². The molecule has 0 aliphatic heterocycles. The van der Waals surface area contributed by atoms with Crippen molar-refractivity contribution < 1.29 is 0 Å². The summed E-state index contributed by atoms with van der Waals surface area (Å²) in [5.74, 6) is 1.90. The van der Waals surface area contributed by atoms with E-state index < -0.39 is 0 Å². The highest BCUT2D eigenvalue weighted by molar-refractivity contribution is 5.63. The molecule has 0 unspecified atom stereocenters. The van der Waals surface area contributed by atoms with Crippen LogP contribution in [0.3, 0.4) is 0 Å². The van der Waals surface area contributed by atoms with Gasteiger partial charge in [-0.1, -0.05) is 184 Å². The van der Waals surface area contributed by atoms with Gasteiger partial charge in [-0.15, -0.1) is 0 Å². The largest absolute Gasteiger partial charge is 0.0558 e. The zero-order valence-corrected chi connectivity index (χ0v) is 81.5. The molecule has 0 radical (unpaired) electrons. The smallest absolute Gasteiger partial charge is 0.00948 e. The van der Waals surface area contributed by atoms with Gasteiger partial charge in [-0.2, -0.15) is 0 Å².